The van der Waals surface area contributed by atoms with Gasteiger partial charge in [0.2, 0.25) is 0 Å². The molecule has 1 heterocycles. The van der Waals surface area contributed by atoms with Gasteiger partial charge >= 0.3 is 6.03 Å². The van der Waals surface area contributed by atoms with Gasteiger partial charge in [-0.1, -0.05) is 37.3 Å². The molecule has 4 nitrogen and oxygen atoms in total. The zero-order valence-corrected chi connectivity index (χ0v) is 14.5. The predicted octanol–water partition coefficient (Wildman–Crippen LogP) is 5.32. The Morgan fingerprint density at radius 2 is 1.96 bits per heavy atom. The summed E-state index contributed by atoms with van der Waals surface area (Å²) in [6.45, 7) is 4.05. The van der Waals surface area contributed by atoms with Crippen molar-refractivity contribution in [3.63, 3.8) is 0 Å². The zero-order chi connectivity index (χ0) is 16.9. The lowest BCUT2D eigenvalue weighted by Gasteiger charge is -2.11. The van der Waals surface area contributed by atoms with Crippen LogP contribution in [0.15, 0.2) is 53.9 Å². The van der Waals surface area contributed by atoms with Crippen LogP contribution in [0.1, 0.15) is 17.5 Å². The highest BCUT2D eigenvalue weighted by molar-refractivity contribution is 7.09. The van der Waals surface area contributed by atoms with Crippen LogP contribution in [-0.4, -0.2) is 11.0 Å². The molecule has 0 spiro atoms. The number of carbonyl (C=O) groups excluding carboxylic acids is 1. The lowest BCUT2D eigenvalue weighted by atomic mass is 10.1. The quantitative estimate of drug-likeness (QED) is 0.676. The number of benzene rings is 2. The fraction of sp³-hybridized carbons (Fsp3) is 0.158. The molecule has 122 valence electrons. The number of hydrogen-bond donors (Lipinski definition) is 2. The van der Waals surface area contributed by atoms with E-state index in [1.54, 1.807) is 11.3 Å². The van der Waals surface area contributed by atoms with Crippen LogP contribution in [0.25, 0.3) is 11.3 Å². The van der Waals surface area contributed by atoms with Gasteiger partial charge in [0.25, 0.3) is 0 Å². The fourth-order valence-electron chi connectivity index (χ4n) is 2.49. The second kappa shape index (κ2) is 7.27. The Bertz CT molecular complexity index is 857. The second-order valence-corrected chi connectivity index (χ2v) is 6.48. The number of aromatic nitrogens is 1. The summed E-state index contributed by atoms with van der Waals surface area (Å²) in [6.07, 6.45) is 0.870. The van der Waals surface area contributed by atoms with Gasteiger partial charge in [-0.25, -0.2) is 9.78 Å². The van der Waals surface area contributed by atoms with Crippen molar-refractivity contribution < 1.29 is 4.79 Å². The van der Waals surface area contributed by atoms with Crippen molar-refractivity contribution in [1.29, 1.82) is 0 Å². The summed E-state index contributed by atoms with van der Waals surface area (Å²) in [5.41, 5.74) is 4.61. The van der Waals surface area contributed by atoms with E-state index in [1.807, 2.05) is 60.8 Å². The van der Waals surface area contributed by atoms with Crippen molar-refractivity contribution in [3.8, 4) is 11.3 Å². The van der Waals surface area contributed by atoms with Gasteiger partial charge in [-0.15, -0.1) is 11.3 Å². The largest absolute Gasteiger partial charge is 0.323 e. The molecule has 1 aromatic heterocycles. The Kier molecular flexibility index (Phi) is 4.91. The highest BCUT2D eigenvalue weighted by atomic mass is 32.1. The maximum Gasteiger partial charge on any atom is 0.323 e. The number of amides is 2. The molecule has 0 aliphatic carbocycles. The van der Waals surface area contributed by atoms with Crippen LogP contribution < -0.4 is 10.6 Å². The van der Waals surface area contributed by atoms with Crippen LogP contribution in [0.2, 0.25) is 0 Å². The summed E-state index contributed by atoms with van der Waals surface area (Å²) in [4.78, 5) is 16.7. The summed E-state index contributed by atoms with van der Waals surface area (Å²) in [6, 6.07) is 15.3. The van der Waals surface area contributed by atoms with E-state index in [0.717, 1.165) is 39.6 Å². The first-order valence-electron chi connectivity index (χ1n) is 7.84. The first kappa shape index (κ1) is 16.2. The molecule has 3 aromatic rings. The third kappa shape index (κ3) is 3.81. The highest BCUT2D eigenvalue weighted by Crippen LogP contribution is 2.24. The van der Waals surface area contributed by atoms with Gasteiger partial charge in [-0.05, 0) is 37.1 Å². The molecular formula is C19H19N3OS. The van der Waals surface area contributed by atoms with Gasteiger partial charge < -0.3 is 10.6 Å². The minimum atomic E-state index is -0.248. The predicted molar refractivity (Wildman–Crippen MR) is 101 cm³/mol. The molecule has 0 unspecified atom stereocenters. The lowest BCUT2D eigenvalue weighted by molar-refractivity contribution is 0.262. The normalized spacial score (nSPS) is 10.4. The maximum absolute atomic E-state index is 12.3. The van der Waals surface area contributed by atoms with Gasteiger partial charge in [0.1, 0.15) is 0 Å². The minimum absolute atomic E-state index is 0.248. The Hall–Kier alpha value is -2.66. The number of rotatable bonds is 4. The number of hydrogen-bond acceptors (Lipinski definition) is 3. The minimum Gasteiger partial charge on any atom is -0.308 e. The molecular weight excluding hydrogens is 318 g/mol. The van der Waals surface area contributed by atoms with Crippen molar-refractivity contribution in [2.24, 2.45) is 0 Å². The van der Waals surface area contributed by atoms with Crippen molar-refractivity contribution in [3.05, 3.63) is 64.5 Å². The molecule has 5 heteroatoms. The van der Waals surface area contributed by atoms with E-state index in [1.165, 1.54) is 0 Å². The summed E-state index contributed by atoms with van der Waals surface area (Å²) in [7, 11) is 0. The van der Waals surface area contributed by atoms with Gasteiger partial charge in [-0.2, -0.15) is 0 Å². The number of aryl methyl sites for hydroxylation is 2. The van der Waals surface area contributed by atoms with Crippen molar-refractivity contribution in [1.82, 2.24) is 4.98 Å². The molecule has 0 saturated heterocycles. The first-order valence-corrected chi connectivity index (χ1v) is 8.72. The highest BCUT2D eigenvalue weighted by Gasteiger charge is 2.07. The number of nitrogens with one attached hydrogen (secondary N) is 2. The summed E-state index contributed by atoms with van der Waals surface area (Å²) in [5, 5.41) is 8.84. The lowest BCUT2D eigenvalue weighted by Crippen LogP contribution is -2.20. The molecule has 2 amide bonds. The Morgan fingerprint density at radius 3 is 2.71 bits per heavy atom. The monoisotopic (exact) mass is 337 g/mol. The summed E-state index contributed by atoms with van der Waals surface area (Å²) < 4.78 is 0. The van der Waals surface area contributed by atoms with E-state index >= 15 is 0 Å². The molecule has 0 aliphatic rings. The van der Waals surface area contributed by atoms with Crippen LogP contribution >= 0.6 is 11.3 Å². The van der Waals surface area contributed by atoms with Crippen molar-refractivity contribution >= 4 is 28.7 Å². The maximum atomic E-state index is 12.3. The number of urea groups is 1. The molecule has 3 rings (SSSR count). The third-order valence-electron chi connectivity index (χ3n) is 3.68. The average molecular weight is 337 g/mol. The van der Waals surface area contributed by atoms with Crippen molar-refractivity contribution in [2.75, 3.05) is 10.6 Å². The van der Waals surface area contributed by atoms with E-state index in [9.17, 15) is 4.79 Å². The summed E-state index contributed by atoms with van der Waals surface area (Å²) >= 11 is 1.61. The van der Waals surface area contributed by atoms with Gasteiger partial charge in [-0.3, -0.25) is 0 Å². The molecule has 2 N–H and O–H groups in total. The van der Waals surface area contributed by atoms with Gasteiger partial charge in [0.15, 0.2) is 0 Å². The van der Waals surface area contributed by atoms with Crippen molar-refractivity contribution in [2.45, 2.75) is 20.3 Å². The SMILES string of the molecule is CCc1ccccc1NC(=O)Nc1cccc(-c2csc(C)n2)c1. The second-order valence-electron chi connectivity index (χ2n) is 5.42. The smallest absolute Gasteiger partial charge is 0.308 e. The number of anilines is 2. The van der Waals surface area contributed by atoms with Crippen LogP contribution in [0.3, 0.4) is 0 Å². The van der Waals surface area contributed by atoms with Gasteiger partial charge in [0.05, 0.1) is 10.7 Å². The third-order valence-corrected chi connectivity index (χ3v) is 4.46. The molecule has 0 bridgehead atoms. The molecule has 0 aliphatic heterocycles. The fourth-order valence-corrected chi connectivity index (χ4v) is 3.11. The molecule has 0 radical (unpaired) electrons. The number of thiazole rings is 1. The molecule has 24 heavy (non-hydrogen) atoms. The number of nitrogens with zero attached hydrogens (tertiary/aromatic N) is 1. The summed E-state index contributed by atoms with van der Waals surface area (Å²) in [5.74, 6) is 0. The zero-order valence-electron chi connectivity index (χ0n) is 13.7. The average Bonchev–Trinajstić information content (AvgIpc) is 3.02. The number of carbonyl (C=O) groups is 1. The van der Waals surface area contributed by atoms with E-state index in [0.29, 0.717) is 0 Å². The standard InChI is InChI=1S/C19H19N3OS/c1-3-14-7-4-5-10-17(14)22-19(23)21-16-9-6-8-15(11-16)18-12-24-13(2)20-18/h4-12H,3H2,1-2H3,(H2,21,22,23). The Labute approximate surface area is 145 Å². The van der Waals surface area contributed by atoms with Gasteiger partial charge in [0, 0.05) is 22.3 Å². The van der Waals surface area contributed by atoms with Crippen LogP contribution in [0, 0.1) is 6.92 Å². The molecule has 2 aromatic carbocycles. The Morgan fingerprint density at radius 1 is 1.12 bits per heavy atom. The molecule has 0 fully saturated rings. The van der Waals surface area contributed by atoms with E-state index < -0.39 is 0 Å². The van der Waals surface area contributed by atoms with E-state index in [-0.39, 0.29) is 6.03 Å². The first-order chi connectivity index (χ1) is 11.7. The Balaban J connectivity index is 1.73. The molecule has 0 saturated carbocycles. The van der Waals surface area contributed by atoms with Crippen LogP contribution in [0.5, 0.6) is 0 Å². The van der Waals surface area contributed by atoms with Crippen LogP contribution in [-0.2, 0) is 6.42 Å². The van der Waals surface area contributed by atoms with E-state index in [4.69, 9.17) is 0 Å². The van der Waals surface area contributed by atoms with E-state index in [2.05, 4.69) is 22.5 Å². The topological polar surface area (TPSA) is 54.0 Å². The molecule has 0 atom stereocenters. The van der Waals surface area contributed by atoms with Crippen LogP contribution in [0.4, 0.5) is 16.2 Å². The number of para-hydroxylation sites is 1.